The summed E-state index contributed by atoms with van der Waals surface area (Å²) in [6.45, 7) is -1.25. The first-order valence-electron chi connectivity index (χ1n) is 3.53. The second-order valence-corrected chi connectivity index (χ2v) is 2.60. The van der Waals surface area contributed by atoms with E-state index in [-0.39, 0.29) is 6.26 Å². The predicted octanol–water partition coefficient (Wildman–Crippen LogP) is 2.81. The second kappa shape index (κ2) is 3.44. The fourth-order valence-corrected chi connectivity index (χ4v) is 1.03. The monoisotopic (exact) mass is 234 g/mol. The van der Waals surface area contributed by atoms with Gasteiger partial charge in [0.2, 0.25) is 0 Å². The summed E-state index contributed by atoms with van der Waals surface area (Å²) in [6, 6.07) is 0. The molecule has 2 nitrogen and oxygen atoms in total. The summed E-state index contributed by atoms with van der Waals surface area (Å²) < 4.78 is 76.8. The molecule has 0 radical (unpaired) electrons. The number of aliphatic hydroxyl groups excluding tert-OH is 1. The van der Waals surface area contributed by atoms with Crippen LogP contribution >= 0.6 is 0 Å². The third kappa shape index (κ3) is 2.25. The van der Waals surface area contributed by atoms with Gasteiger partial charge in [0.05, 0.1) is 0 Å². The molecule has 0 atom stereocenters. The predicted molar refractivity (Wildman–Crippen MR) is 34.6 cm³/mol. The van der Waals surface area contributed by atoms with Crippen LogP contribution in [0.2, 0.25) is 0 Å². The molecule has 0 aromatic carbocycles. The molecule has 86 valence electrons. The second-order valence-electron chi connectivity index (χ2n) is 2.60. The van der Waals surface area contributed by atoms with Crippen molar-refractivity contribution in [3.63, 3.8) is 0 Å². The van der Waals surface area contributed by atoms with Crippen LogP contribution in [-0.2, 0) is 19.0 Å². The van der Waals surface area contributed by atoms with E-state index in [4.69, 9.17) is 5.11 Å². The molecule has 8 heteroatoms. The number of halogens is 6. The molecule has 1 heterocycles. The summed E-state index contributed by atoms with van der Waals surface area (Å²) in [6.07, 6.45) is -10.4. The minimum atomic E-state index is -5.21. The minimum Gasteiger partial charge on any atom is -0.466 e. The molecule has 0 aliphatic rings. The standard InChI is InChI=1S/C7H4F6O2/c8-6(9,10)3-2-15-4(1-14)5(3)7(11,12)13/h2,14H,1H2. The number of hydrogen-bond donors (Lipinski definition) is 1. The van der Waals surface area contributed by atoms with Crippen LogP contribution in [0.25, 0.3) is 0 Å². The van der Waals surface area contributed by atoms with Gasteiger partial charge in [0, 0.05) is 0 Å². The SMILES string of the molecule is OCc1occ(C(F)(F)F)c1C(F)(F)F. The maximum absolute atomic E-state index is 12.2. The van der Waals surface area contributed by atoms with Gasteiger partial charge in [-0.05, 0) is 0 Å². The van der Waals surface area contributed by atoms with E-state index in [0.717, 1.165) is 0 Å². The molecule has 0 saturated heterocycles. The summed E-state index contributed by atoms with van der Waals surface area (Å²) in [5.41, 5.74) is -3.91. The average molecular weight is 234 g/mol. The summed E-state index contributed by atoms with van der Waals surface area (Å²) in [5, 5.41) is 8.40. The molecule has 0 aliphatic heterocycles. The van der Waals surface area contributed by atoms with Crippen molar-refractivity contribution >= 4 is 0 Å². The van der Waals surface area contributed by atoms with Crippen molar-refractivity contribution < 1.29 is 35.9 Å². The summed E-state index contributed by atoms with van der Waals surface area (Å²) in [4.78, 5) is 0. The van der Waals surface area contributed by atoms with Crippen LogP contribution in [-0.4, -0.2) is 5.11 Å². The minimum absolute atomic E-state index is 0.0611. The Labute approximate surface area is 79.1 Å². The Bertz CT molecular complexity index is 347. The van der Waals surface area contributed by atoms with Crippen molar-refractivity contribution in [2.24, 2.45) is 0 Å². The molecule has 0 amide bonds. The van der Waals surface area contributed by atoms with E-state index in [1.54, 1.807) is 0 Å². The smallest absolute Gasteiger partial charge is 0.420 e. The van der Waals surface area contributed by atoms with Crippen LogP contribution < -0.4 is 0 Å². The van der Waals surface area contributed by atoms with E-state index in [1.165, 1.54) is 0 Å². The highest BCUT2D eigenvalue weighted by Gasteiger charge is 2.47. The molecular formula is C7H4F6O2. The Kier molecular flexibility index (Phi) is 2.73. The fraction of sp³-hybridized carbons (Fsp3) is 0.429. The molecule has 1 aromatic rings. The first-order chi connectivity index (χ1) is 6.68. The van der Waals surface area contributed by atoms with Crippen LogP contribution in [0.1, 0.15) is 16.9 Å². The third-order valence-corrected chi connectivity index (χ3v) is 1.60. The van der Waals surface area contributed by atoms with Crippen molar-refractivity contribution in [1.82, 2.24) is 0 Å². The Hall–Kier alpha value is -1.18. The molecule has 0 fully saturated rings. The maximum atomic E-state index is 12.2. The fourth-order valence-electron chi connectivity index (χ4n) is 1.03. The lowest BCUT2D eigenvalue weighted by molar-refractivity contribution is -0.162. The first-order valence-corrected chi connectivity index (χ1v) is 3.53. The van der Waals surface area contributed by atoms with Gasteiger partial charge >= 0.3 is 12.4 Å². The lowest BCUT2D eigenvalue weighted by Crippen LogP contribution is -2.15. The van der Waals surface area contributed by atoms with Crippen molar-refractivity contribution in [3.05, 3.63) is 23.2 Å². The largest absolute Gasteiger partial charge is 0.466 e. The molecule has 0 unspecified atom stereocenters. The number of aliphatic hydroxyl groups is 1. The Balaban J connectivity index is 3.37. The highest BCUT2D eigenvalue weighted by Crippen LogP contribution is 2.42. The average Bonchev–Trinajstić information content (AvgIpc) is 2.44. The van der Waals surface area contributed by atoms with Gasteiger partial charge in [0.1, 0.15) is 29.8 Å². The van der Waals surface area contributed by atoms with Gasteiger partial charge in [-0.1, -0.05) is 0 Å². The van der Waals surface area contributed by atoms with Gasteiger partial charge in [-0.25, -0.2) is 0 Å². The number of furan rings is 1. The lowest BCUT2D eigenvalue weighted by Gasteiger charge is -2.10. The normalized spacial score (nSPS) is 13.3. The molecule has 0 saturated carbocycles. The van der Waals surface area contributed by atoms with Crippen molar-refractivity contribution in [2.45, 2.75) is 19.0 Å². The third-order valence-electron chi connectivity index (χ3n) is 1.60. The van der Waals surface area contributed by atoms with Gasteiger partial charge in [-0.3, -0.25) is 0 Å². The zero-order valence-electron chi connectivity index (χ0n) is 6.91. The van der Waals surface area contributed by atoms with Crippen LogP contribution in [0.15, 0.2) is 10.7 Å². The van der Waals surface area contributed by atoms with Crippen LogP contribution in [0.3, 0.4) is 0 Å². The zero-order chi connectivity index (χ0) is 11.9. The van der Waals surface area contributed by atoms with Crippen molar-refractivity contribution in [2.75, 3.05) is 0 Å². The molecule has 1 rings (SSSR count). The molecular weight excluding hydrogens is 230 g/mol. The summed E-state index contributed by atoms with van der Waals surface area (Å²) in [7, 11) is 0. The molecule has 1 aromatic heterocycles. The Morgan fingerprint density at radius 2 is 1.60 bits per heavy atom. The van der Waals surface area contributed by atoms with Crippen molar-refractivity contribution in [3.8, 4) is 0 Å². The van der Waals surface area contributed by atoms with E-state index < -0.39 is 35.8 Å². The van der Waals surface area contributed by atoms with Gasteiger partial charge < -0.3 is 9.52 Å². The van der Waals surface area contributed by atoms with E-state index in [2.05, 4.69) is 4.42 Å². The number of rotatable bonds is 1. The quantitative estimate of drug-likeness (QED) is 0.758. The molecule has 0 spiro atoms. The van der Waals surface area contributed by atoms with Gasteiger partial charge in [-0.2, -0.15) is 26.3 Å². The van der Waals surface area contributed by atoms with E-state index >= 15 is 0 Å². The van der Waals surface area contributed by atoms with Gasteiger partial charge in [0.15, 0.2) is 0 Å². The lowest BCUT2D eigenvalue weighted by atomic mass is 10.1. The first kappa shape index (κ1) is 11.9. The highest BCUT2D eigenvalue weighted by molar-refractivity contribution is 5.32. The number of alkyl halides is 6. The van der Waals surface area contributed by atoms with Gasteiger partial charge in [0.25, 0.3) is 0 Å². The van der Waals surface area contributed by atoms with E-state index in [9.17, 15) is 26.3 Å². The summed E-state index contributed by atoms with van der Waals surface area (Å²) in [5.74, 6) is -1.14. The van der Waals surface area contributed by atoms with Gasteiger partial charge in [-0.15, -0.1) is 0 Å². The number of hydrogen-bond acceptors (Lipinski definition) is 2. The zero-order valence-corrected chi connectivity index (χ0v) is 6.91. The van der Waals surface area contributed by atoms with E-state index in [1.807, 2.05) is 0 Å². The molecule has 15 heavy (non-hydrogen) atoms. The topological polar surface area (TPSA) is 33.4 Å². The Morgan fingerprint density at radius 1 is 1.07 bits per heavy atom. The van der Waals surface area contributed by atoms with Crippen LogP contribution in [0, 0.1) is 0 Å². The molecule has 1 N–H and O–H groups in total. The van der Waals surface area contributed by atoms with Crippen LogP contribution in [0.5, 0.6) is 0 Å². The van der Waals surface area contributed by atoms with E-state index in [0.29, 0.717) is 0 Å². The molecule has 0 aliphatic carbocycles. The maximum Gasteiger partial charge on any atom is 0.420 e. The Morgan fingerprint density at radius 3 is 1.93 bits per heavy atom. The van der Waals surface area contributed by atoms with Crippen molar-refractivity contribution in [1.29, 1.82) is 0 Å². The highest BCUT2D eigenvalue weighted by atomic mass is 19.4. The van der Waals surface area contributed by atoms with Crippen LogP contribution in [0.4, 0.5) is 26.3 Å². The molecule has 0 bridgehead atoms. The summed E-state index contributed by atoms with van der Waals surface area (Å²) >= 11 is 0.